The molecule has 0 fully saturated rings. The Balaban J connectivity index is 0.00000576. The van der Waals surface area contributed by atoms with Crippen molar-refractivity contribution in [1.29, 1.82) is 0 Å². The van der Waals surface area contributed by atoms with Crippen LogP contribution in [0.15, 0.2) is 41.9 Å². The topological polar surface area (TPSA) is 56.7 Å². The smallest absolute Gasteiger partial charge is 0.243 e. The van der Waals surface area contributed by atoms with Crippen LogP contribution in [0.3, 0.4) is 0 Å². The number of nitrogens with one attached hydrogen (secondary N) is 2. The summed E-state index contributed by atoms with van der Waals surface area (Å²) in [5.74, 6) is 0.0296. The molecule has 7 heteroatoms. The van der Waals surface area contributed by atoms with Crippen LogP contribution in [0.5, 0.6) is 0 Å². The summed E-state index contributed by atoms with van der Waals surface area (Å²) in [6.45, 7) is 4.65. The number of benzene rings is 1. The zero-order valence-corrected chi connectivity index (χ0v) is 17.3. The first kappa shape index (κ1) is 23.4. The van der Waals surface area contributed by atoms with Crippen molar-refractivity contribution in [2.75, 3.05) is 32.5 Å². The van der Waals surface area contributed by atoms with Gasteiger partial charge in [-0.3, -0.25) is 9.79 Å². The number of amides is 1. The minimum Gasteiger partial charge on any atom is -0.347 e. The predicted octanol–water partition coefficient (Wildman–Crippen LogP) is 3.64. The van der Waals surface area contributed by atoms with Crippen LogP contribution in [0, 0.1) is 5.82 Å². The minimum absolute atomic E-state index is 0. The number of hydrogen-bond donors (Lipinski definition) is 2. The third kappa shape index (κ3) is 10.1. The molecule has 5 nitrogen and oxygen atoms in total. The van der Waals surface area contributed by atoms with E-state index in [0.717, 1.165) is 32.2 Å². The summed E-state index contributed by atoms with van der Waals surface area (Å²) in [6, 6.07) is 5.81. The molecule has 0 spiro atoms. The Kier molecular flexibility index (Phi) is 12.7. The van der Waals surface area contributed by atoms with Crippen LogP contribution in [0.2, 0.25) is 0 Å². The van der Waals surface area contributed by atoms with Crippen molar-refractivity contribution in [3.63, 3.8) is 0 Å². The lowest BCUT2D eigenvalue weighted by Gasteiger charge is -2.21. The molecule has 140 valence electrons. The van der Waals surface area contributed by atoms with Crippen LogP contribution in [0.1, 0.15) is 25.7 Å². The van der Waals surface area contributed by atoms with Gasteiger partial charge in [-0.2, -0.15) is 0 Å². The van der Waals surface area contributed by atoms with E-state index in [1.54, 1.807) is 19.2 Å². The van der Waals surface area contributed by atoms with Crippen molar-refractivity contribution >= 4 is 41.5 Å². The second-order valence-corrected chi connectivity index (χ2v) is 5.52. The summed E-state index contributed by atoms with van der Waals surface area (Å²) in [6.07, 6.45) is 6.30. The van der Waals surface area contributed by atoms with E-state index >= 15 is 0 Å². The summed E-state index contributed by atoms with van der Waals surface area (Å²) < 4.78 is 13.1. The normalized spacial score (nSPS) is 10.6. The second kappa shape index (κ2) is 13.6. The summed E-state index contributed by atoms with van der Waals surface area (Å²) in [7, 11) is 3.62. The SMILES string of the molecule is C=CCCCCCN(C)C(=NC)NCC(=O)Nc1cccc(F)c1.I. The molecule has 1 amide bonds. The number of hydrogen-bond acceptors (Lipinski definition) is 2. The first-order valence-corrected chi connectivity index (χ1v) is 8.15. The fourth-order valence-corrected chi connectivity index (χ4v) is 2.24. The van der Waals surface area contributed by atoms with Gasteiger partial charge < -0.3 is 15.5 Å². The molecule has 1 aromatic carbocycles. The van der Waals surface area contributed by atoms with Crippen LogP contribution in [0.4, 0.5) is 10.1 Å². The summed E-state index contributed by atoms with van der Waals surface area (Å²) in [5.41, 5.74) is 0.437. The fourth-order valence-electron chi connectivity index (χ4n) is 2.24. The Hall–Kier alpha value is -1.64. The predicted molar refractivity (Wildman–Crippen MR) is 113 cm³/mol. The second-order valence-electron chi connectivity index (χ2n) is 5.52. The Bertz CT molecular complexity index is 566. The molecule has 0 aliphatic rings. The summed E-state index contributed by atoms with van der Waals surface area (Å²) in [4.78, 5) is 18.1. The van der Waals surface area contributed by atoms with Crippen LogP contribution in [-0.4, -0.2) is 44.0 Å². The maximum absolute atomic E-state index is 13.1. The van der Waals surface area contributed by atoms with Crippen molar-refractivity contribution in [3.05, 3.63) is 42.7 Å². The molecule has 2 N–H and O–H groups in total. The number of nitrogens with zero attached hydrogens (tertiary/aromatic N) is 2. The Morgan fingerprint density at radius 2 is 2.12 bits per heavy atom. The molecule has 0 saturated heterocycles. The highest BCUT2D eigenvalue weighted by Crippen LogP contribution is 2.08. The first-order chi connectivity index (χ1) is 11.6. The maximum atomic E-state index is 13.1. The molecule has 25 heavy (non-hydrogen) atoms. The van der Waals surface area contributed by atoms with E-state index in [-0.39, 0.29) is 42.2 Å². The summed E-state index contributed by atoms with van der Waals surface area (Å²) in [5, 5.41) is 5.65. The van der Waals surface area contributed by atoms with Crippen LogP contribution in [0.25, 0.3) is 0 Å². The maximum Gasteiger partial charge on any atom is 0.243 e. The van der Waals surface area contributed by atoms with E-state index in [4.69, 9.17) is 0 Å². The number of aliphatic imine (C=N–C) groups is 1. The van der Waals surface area contributed by atoms with E-state index in [1.165, 1.54) is 12.1 Å². The molecule has 0 radical (unpaired) electrons. The lowest BCUT2D eigenvalue weighted by atomic mass is 10.2. The number of guanidine groups is 1. The highest BCUT2D eigenvalue weighted by molar-refractivity contribution is 14.0. The van der Waals surface area contributed by atoms with E-state index in [9.17, 15) is 9.18 Å². The van der Waals surface area contributed by atoms with Gasteiger partial charge in [0.05, 0.1) is 6.54 Å². The van der Waals surface area contributed by atoms with Crippen molar-refractivity contribution in [3.8, 4) is 0 Å². The lowest BCUT2D eigenvalue weighted by molar-refractivity contribution is -0.115. The van der Waals surface area contributed by atoms with E-state index in [1.807, 2.05) is 18.0 Å². The van der Waals surface area contributed by atoms with Crippen LogP contribution >= 0.6 is 24.0 Å². The molecular formula is C18H28FIN4O. The standard InChI is InChI=1S/C18H27FN4O.HI/c1-4-5-6-7-8-12-23(3)18(20-2)21-14-17(24)22-16-11-9-10-15(19)13-16;/h4,9-11,13H,1,5-8,12,14H2,2-3H3,(H,20,21)(H,22,24);1H. The largest absolute Gasteiger partial charge is 0.347 e. The average Bonchev–Trinajstić information content (AvgIpc) is 2.55. The molecule has 0 aliphatic carbocycles. The van der Waals surface area contributed by atoms with Gasteiger partial charge in [0, 0.05) is 26.3 Å². The third-order valence-electron chi connectivity index (χ3n) is 3.49. The number of allylic oxidation sites excluding steroid dienone is 1. The highest BCUT2D eigenvalue weighted by Gasteiger charge is 2.08. The van der Waals surface area contributed by atoms with Gasteiger partial charge in [-0.05, 0) is 37.5 Å². The van der Waals surface area contributed by atoms with Gasteiger partial charge in [0.25, 0.3) is 0 Å². The monoisotopic (exact) mass is 462 g/mol. The van der Waals surface area contributed by atoms with Gasteiger partial charge >= 0.3 is 0 Å². The van der Waals surface area contributed by atoms with Gasteiger partial charge in [-0.1, -0.05) is 18.6 Å². The molecule has 1 rings (SSSR count). The fraction of sp³-hybridized carbons (Fsp3) is 0.444. The molecule has 0 bridgehead atoms. The highest BCUT2D eigenvalue weighted by atomic mass is 127. The number of carbonyl (C=O) groups is 1. The van der Waals surface area contributed by atoms with Gasteiger partial charge in [0.2, 0.25) is 5.91 Å². The Morgan fingerprint density at radius 1 is 1.36 bits per heavy atom. The van der Waals surface area contributed by atoms with Gasteiger partial charge in [-0.25, -0.2) is 4.39 Å². The Labute approximate surface area is 166 Å². The summed E-state index contributed by atoms with van der Waals surface area (Å²) >= 11 is 0. The van der Waals surface area contributed by atoms with E-state index < -0.39 is 0 Å². The van der Waals surface area contributed by atoms with Crippen molar-refractivity contribution < 1.29 is 9.18 Å². The quantitative estimate of drug-likeness (QED) is 0.194. The van der Waals surface area contributed by atoms with E-state index in [2.05, 4.69) is 22.2 Å². The van der Waals surface area contributed by atoms with Crippen LogP contribution < -0.4 is 10.6 Å². The molecule has 0 aliphatic heterocycles. The Morgan fingerprint density at radius 3 is 2.76 bits per heavy atom. The molecular weight excluding hydrogens is 434 g/mol. The molecule has 1 aromatic rings. The third-order valence-corrected chi connectivity index (χ3v) is 3.49. The van der Waals surface area contributed by atoms with Gasteiger partial charge in [0.15, 0.2) is 5.96 Å². The molecule has 0 saturated carbocycles. The average molecular weight is 462 g/mol. The van der Waals surface area contributed by atoms with Gasteiger partial charge in [-0.15, -0.1) is 30.6 Å². The van der Waals surface area contributed by atoms with Crippen LogP contribution in [-0.2, 0) is 4.79 Å². The number of halogens is 2. The molecule has 0 atom stereocenters. The lowest BCUT2D eigenvalue weighted by Crippen LogP contribution is -2.42. The molecule has 0 heterocycles. The first-order valence-electron chi connectivity index (χ1n) is 8.15. The van der Waals surface area contributed by atoms with Crippen molar-refractivity contribution in [1.82, 2.24) is 10.2 Å². The zero-order valence-electron chi connectivity index (χ0n) is 14.9. The molecule has 0 aromatic heterocycles. The number of unbranched alkanes of at least 4 members (excludes halogenated alkanes) is 3. The molecule has 0 unspecified atom stereocenters. The number of carbonyl (C=O) groups excluding carboxylic acids is 1. The minimum atomic E-state index is -0.382. The number of anilines is 1. The van der Waals surface area contributed by atoms with Crippen molar-refractivity contribution in [2.24, 2.45) is 4.99 Å². The van der Waals surface area contributed by atoms with Crippen molar-refractivity contribution in [2.45, 2.75) is 25.7 Å². The number of rotatable bonds is 9. The van der Waals surface area contributed by atoms with E-state index in [0.29, 0.717) is 11.6 Å². The van der Waals surface area contributed by atoms with Gasteiger partial charge in [0.1, 0.15) is 5.82 Å². The zero-order chi connectivity index (χ0) is 17.8.